The van der Waals surface area contributed by atoms with E-state index in [-0.39, 0.29) is 30.2 Å². The predicted octanol–water partition coefficient (Wildman–Crippen LogP) is 2.47. The first-order chi connectivity index (χ1) is 18.1. The van der Waals surface area contributed by atoms with Gasteiger partial charge in [0.25, 0.3) is 0 Å². The van der Waals surface area contributed by atoms with Crippen LogP contribution in [0.3, 0.4) is 0 Å². The van der Waals surface area contributed by atoms with Gasteiger partial charge < -0.3 is 16.0 Å². The van der Waals surface area contributed by atoms with Crippen molar-refractivity contribution in [2.75, 3.05) is 6.54 Å². The van der Waals surface area contributed by atoms with E-state index in [9.17, 15) is 14.4 Å². The number of halogens is 1. The summed E-state index contributed by atoms with van der Waals surface area (Å²) in [5.74, 6) is -0.667. The zero-order valence-electron chi connectivity index (χ0n) is 22.2. The quantitative estimate of drug-likeness (QED) is 0.244. The maximum atomic E-state index is 13.5. The second-order valence-electron chi connectivity index (χ2n) is 9.67. The Bertz CT molecular complexity index is 1260. The third-order valence-corrected chi connectivity index (χ3v) is 12.6. The van der Waals surface area contributed by atoms with Gasteiger partial charge in [-0.3, -0.25) is 9.59 Å². The first-order valence-corrected chi connectivity index (χ1v) is 23.2. The van der Waals surface area contributed by atoms with Crippen LogP contribution in [0.4, 0.5) is 0 Å². The van der Waals surface area contributed by atoms with Gasteiger partial charge in [-0.15, -0.1) is 0 Å². The molecule has 0 aliphatic rings. The summed E-state index contributed by atoms with van der Waals surface area (Å²) in [6.45, 7) is 8.85. The number of fused-ring (bicyclic) bond motifs is 1. The molecule has 0 fully saturated rings. The van der Waals surface area contributed by atoms with Crippen molar-refractivity contribution in [1.82, 2.24) is 20.1 Å². The minimum atomic E-state index is -0.694. The molecule has 0 unspecified atom stereocenters. The van der Waals surface area contributed by atoms with Crippen LogP contribution in [-0.2, 0) is 34.0 Å². The molecule has 0 saturated carbocycles. The minimum Gasteiger partial charge on any atom is -0.343 e. The average Bonchev–Trinajstić information content (AvgIpc) is 3.25. The van der Waals surface area contributed by atoms with Gasteiger partial charge in [-0.05, 0) is 19.8 Å². The fourth-order valence-corrected chi connectivity index (χ4v) is 7.70. The number of amides is 3. The summed E-state index contributed by atoms with van der Waals surface area (Å²) in [4.78, 5) is 40.3. The number of aromatic nitrogens is 1. The van der Waals surface area contributed by atoms with E-state index in [2.05, 4.69) is 52.8 Å². The number of carbonyl (C=O) groups is 3. The molecule has 0 saturated heterocycles. The number of nitrogens with one attached hydrogen (secondary N) is 2. The standard InChI is InChI=1S/C28H36N5O3.HI.Po/c1-5-32(28(36)26(19(2)3)31-27(35)20(4)29)16-22-17-33(24-14-10-9-13-23(22)24)18-25(34)30-15-21-11-7-6-8-12-21;;/h7-14,17,19-20,26H,5,15-16,18,29H2,1-4H3,(H,30,34)(H,31,35);1H;/q;;+1/p-1/t20-,26-;;/m0../s1. The van der Waals surface area contributed by atoms with E-state index in [1.165, 1.54) is 3.22 Å². The van der Waals surface area contributed by atoms with Crippen molar-refractivity contribution in [1.29, 1.82) is 0 Å². The molecule has 0 radical (unpaired) electrons. The Kier molecular flexibility index (Phi) is 11.6. The monoisotopic (exact) mass is 826 g/mol. The topological polar surface area (TPSA) is 109 Å². The molecular weight excluding hydrogens is 790 g/mol. The van der Waals surface area contributed by atoms with Crippen molar-refractivity contribution < 1.29 is 14.4 Å². The Morgan fingerprint density at radius 2 is 1.76 bits per heavy atom. The van der Waals surface area contributed by atoms with E-state index in [4.69, 9.17) is 5.73 Å². The number of hydrogen-bond acceptors (Lipinski definition) is 4. The van der Waals surface area contributed by atoms with Gasteiger partial charge in [0.1, 0.15) is 6.04 Å². The van der Waals surface area contributed by atoms with Gasteiger partial charge in [0, 0.05) is 6.54 Å². The number of benzene rings is 2. The molecule has 0 bridgehead atoms. The van der Waals surface area contributed by atoms with E-state index in [1.807, 2.05) is 55.8 Å². The number of likely N-dealkylation sites (N-methyl/N-ethyl adjacent to an activating group) is 1. The van der Waals surface area contributed by atoms with Crippen LogP contribution in [0.5, 0.6) is 0 Å². The van der Waals surface area contributed by atoms with Crippen molar-refractivity contribution in [2.24, 2.45) is 11.7 Å². The van der Waals surface area contributed by atoms with Gasteiger partial charge in [-0.25, -0.2) is 0 Å². The van der Waals surface area contributed by atoms with Crippen LogP contribution in [-0.4, -0.2) is 65.2 Å². The van der Waals surface area contributed by atoms with Gasteiger partial charge in [-0.1, -0.05) is 19.9 Å². The maximum Gasteiger partial charge on any atom is 0.245 e. The number of carbonyl (C=O) groups excluding carboxylic acids is 3. The molecule has 3 amide bonds. The van der Waals surface area contributed by atoms with Crippen LogP contribution in [0.1, 0.15) is 38.8 Å². The summed E-state index contributed by atoms with van der Waals surface area (Å²) in [6, 6.07) is 15.0. The zero-order valence-corrected chi connectivity index (χ0v) is 27.6. The van der Waals surface area contributed by atoms with Crippen molar-refractivity contribution in [3.05, 3.63) is 65.9 Å². The number of para-hydroxylation sites is 1. The smallest absolute Gasteiger partial charge is 0.245 e. The second-order valence-corrected chi connectivity index (χ2v) is 16.0. The van der Waals surface area contributed by atoms with Gasteiger partial charge in [0.05, 0.1) is 6.04 Å². The molecule has 0 aliphatic heterocycles. The van der Waals surface area contributed by atoms with E-state index in [1.54, 1.807) is 11.8 Å². The first-order valence-electron chi connectivity index (χ1n) is 12.7. The van der Waals surface area contributed by atoms with Gasteiger partial charge in [0.2, 0.25) is 11.8 Å². The summed E-state index contributed by atoms with van der Waals surface area (Å²) in [6.07, 6.45) is 1.95. The van der Waals surface area contributed by atoms with Crippen molar-refractivity contribution in [3.8, 4) is 0 Å². The Balaban J connectivity index is 1.75. The normalized spacial score (nSPS) is 12.8. The van der Waals surface area contributed by atoms with Crippen LogP contribution in [0.25, 0.3) is 10.9 Å². The molecule has 10 heteroatoms. The number of rotatable bonds is 12. The Morgan fingerprint density at radius 1 is 1.08 bits per heavy atom. The zero-order chi connectivity index (χ0) is 27.8. The molecule has 204 valence electrons. The van der Waals surface area contributed by atoms with E-state index < -0.39 is 31.4 Å². The van der Waals surface area contributed by atoms with Gasteiger partial charge in [0.15, 0.2) is 0 Å². The summed E-state index contributed by atoms with van der Waals surface area (Å²) >= 11 is 2.05. The van der Waals surface area contributed by atoms with Gasteiger partial charge >= 0.3 is 151 Å². The molecular formula is C28H36IN5O3Po. The number of nitrogens with zero attached hydrogens (tertiary/aromatic N) is 2. The first kappa shape index (κ1) is 30.5. The predicted molar refractivity (Wildman–Crippen MR) is 161 cm³/mol. The Morgan fingerprint density at radius 3 is 2.37 bits per heavy atom. The fourth-order valence-electron chi connectivity index (χ4n) is 4.20. The summed E-state index contributed by atoms with van der Waals surface area (Å²) in [5, 5.41) is 6.82. The molecule has 3 rings (SSSR count). The van der Waals surface area contributed by atoms with E-state index in [0.717, 1.165) is 22.0 Å². The summed E-state index contributed by atoms with van der Waals surface area (Å²) in [7, 11) is 0. The van der Waals surface area contributed by atoms with Crippen LogP contribution in [0.2, 0.25) is 0 Å². The summed E-state index contributed by atoms with van der Waals surface area (Å²) < 4.78 is 3.35. The molecule has 4 N–H and O–H groups in total. The van der Waals surface area contributed by atoms with Crippen LogP contribution >= 0.6 is 18.0 Å². The van der Waals surface area contributed by atoms with E-state index >= 15 is 0 Å². The minimum absolute atomic E-state index is 0.0755. The van der Waals surface area contributed by atoms with Crippen molar-refractivity contribution >= 4 is 69.1 Å². The SMILES string of the molecule is CCN(Cc1cn(CC(=O)NCc2cc[c]([Po][I])cc2)c2ccccc12)C(=O)[C@@H](NC(=O)[C@H](C)N)C(C)C. The molecule has 1 heterocycles. The Labute approximate surface area is 245 Å². The molecule has 0 aliphatic carbocycles. The Hall–Kier alpha value is -2.02. The summed E-state index contributed by atoms with van der Waals surface area (Å²) in [5.41, 5.74) is 8.68. The third-order valence-electron chi connectivity index (χ3n) is 6.39. The molecule has 0 spiro atoms. The van der Waals surface area contributed by atoms with Crippen LogP contribution in [0, 0.1) is 5.92 Å². The molecule has 38 heavy (non-hydrogen) atoms. The van der Waals surface area contributed by atoms with Crippen LogP contribution < -0.4 is 19.6 Å². The third kappa shape index (κ3) is 8.00. The molecule has 2 atom stereocenters. The molecule has 3 aromatic rings. The maximum absolute atomic E-state index is 13.5. The second kappa shape index (κ2) is 14.4. The average molecular weight is 827 g/mol. The molecule has 8 nitrogen and oxygen atoms in total. The number of nitrogens with two attached hydrogens (primary N) is 1. The van der Waals surface area contributed by atoms with Crippen molar-refractivity contribution in [3.63, 3.8) is 0 Å². The van der Waals surface area contributed by atoms with Gasteiger partial charge in [-0.2, -0.15) is 0 Å². The largest absolute Gasteiger partial charge is 0.343 e. The van der Waals surface area contributed by atoms with E-state index in [0.29, 0.717) is 19.6 Å². The van der Waals surface area contributed by atoms with Crippen molar-refractivity contribution in [2.45, 2.75) is 59.4 Å². The number of hydrogen-bond donors (Lipinski definition) is 3. The van der Waals surface area contributed by atoms with Crippen LogP contribution in [0.15, 0.2) is 54.7 Å². The fraction of sp³-hybridized carbons (Fsp3) is 0.393. The molecule has 1 aromatic heterocycles. The molecule has 2 aromatic carbocycles.